The number of hydrogen-bond donors (Lipinski definition) is 2. The Morgan fingerprint density at radius 1 is 1.33 bits per heavy atom. The topological polar surface area (TPSA) is 97.5 Å². The van der Waals surface area contributed by atoms with Crippen LogP contribution in [0.4, 0.5) is 5.69 Å². The van der Waals surface area contributed by atoms with Gasteiger partial charge in [0, 0.05) is 42.6 Å². The fourth-order valence-corrected chi connectivity index (χ4v) is 3.16. The number of benzene rings is 1. The Labute approximate surface area is 140 Å². The smallest absolute Gasteiger partial charge is 0.286 e. The lowest BCUT2D eigenvalue weighted by Crippen LogP contribution is -2.63. The Kier molecular flexibility index (Phi) is 4.27. The maximum Gasteiger partial charge on any atom is 0.286 e. The molecule has 0 radical (unpaired) electrons. The summed E-state index contributed by atoms with van der Waals surface area (Å²) in [4.78, 5) is 15.2. The number of anilines is 1. The third kappa shape index (κ3) is 3.26. The van der Waals surface area contributed by atoms with Crippen molar-refractivity contribution in [2.24, 2.45) is 0 Å². The van der Waals surface area contributed by atoms with Gasteiger partial charge in [-0.25, -0.2) is 4.90 Å². The minimum Gasteiger partial charge on any atom is -0.367 e. The van der Waals surface area contributed by atoms with E-state index in [9.17, 15) is 10.1 Å². The number of rotatable bonds is 4. The van der Waals surface area contributed by atoms with Crippen LogP contribution in [0.2, 0.25) is 0 Å². The van der Waals surface area contributed by atoms with Gasteiger partial charge in [0.25, 0.3) is 6.17 Å². The van der Waals surface area contributed by atoms with Crippen molar-refractivity contribution in [3.05, 3.63) is 52.3 Å². The van der Waals surface area contributed by atoms with Crippen LogP contribution in [0.5, 0.6) is 0 Å². The summed E-state index contributed by atoms with van der Waals surface area (Å²) in [7, 11) is 0. The monoisotopic (exact) mass is 328 g/mol. The van der Waals surface area contributed by atoms with Gasteiger partial charge < -0.3 is 15.5 Å². The standard InChI is InChI=1S/C16H20N6O2/c1-16(18-6-7-19-16)12-21-9-8-20(11-15(21)22(23)24)14-4-2-13(10-17)3-5-14/h2-7,15,18-19H,8-9,11-12H2,1H3. The fourth-order valence-electron chi connectivity index (χ4n) is 3.16. The molecule has 1 saturated heterocycles. The van der Waals surface area contributed by atoms with Crippen LogP contribution in [0.3, 0.4) is 0 Å². The molecule has 0 spiro atoms. The first kappa shape index (κ1) is 16.1. The van der Waals surface area contributed by atoms with E-state index in [0.29, 0.717) is 31.7 Å². The van der Waals surface area contributed by atoms with E-state index < -0.39 is 6.17 Å². The zero-order valence-electron chi connectivity index (χ0n) is 13.5. The third-order valence-corrected chi connectivity index (χ3v) is 4.47. The molecule has 2 aliphatic rings. The first-order chi connectivity index (χ1) is 11.5. The quantitative estimate of drug-likeness (QED) is 0.619. The van der Waals surface area contributed by atoms with E-state index >= 15 is 0 Å². The zero-order chi connectivity index (χ0) is 17.2. The Balaban J connectivity index is 1.70. The van der Waals surface area contributed by atoms with Crippen LogP contribution in [-0.4, -0.2) is 47.8 Å². The summed E-state index contributed by atoms with van der Waals surface area (Å²) in [5.74, 6) is 0. The van der Waals surface area contributed by atoms with Crippen molar-refractivity contribution < 1.29 is 4.92 Å². The molecule has 1 aromatic carbocycles. The summed E-state index contributed by atoms with van der Waals surface area (Å²) in [5.41, 5.74) is 1.11. The Morgan fingerprint density at radius 3 is 2.58 bits per heavy atom. The number of nitrogens with zero attached hydrogens (tertiary/aromatic N) is 4. The molecule has 1 atom stereocenters. The lowest BCUT2D eigenvalue weighted by molar-refractivity contribution is -0.549. The van der Waals surface area contributed by atoms with Crippen LogP contribution < -0.4 is 15.5 Å². The predicted molar refractivity (Wildman–Crippen MR) is 89.5 cm³/mol. The molecule has 8 nitrogen and oxygen atoms in total. The van der Waals surface area contributed by atoms with Crippen molar-refractivity contribution in [1.82, 2.24) is 15.5 Å². The lowest BCUT2D eigenvalue weighted by Gasteiger charge is -2.41. The van der Waals surface area contributed by atoms with E-state index in [1.165, 1.54) is 0 Å². The van der Waals surface area contributed by atoms with Gasteiger partial charge in [0.05, 0.1) is 11.6 Å². The summed E-state index contributed by atoms with van der Waals surface area (Å²) in [6, 6.07) is 9.24. The first-order valence-electron chi connectivity index (χ1n) is 7.84. The molecule has 24 heavy (non-hydrogen) atoms. The van der Waals surface area contributed by atoms with E-state index in [2.05, 4.69) is 16.7 Å². The highest BCUT2D eigenvalue weighted by Crippen LogP contribution is 2.21. The minimum absolute atomic E-state index is 0.221. The van der Waals surface area contributed by atoms with Gasteiger partial charge in [0.2, 0.25) is 0 Å². The van der Waals surface area contributed by atoms with E-state index in [4.69, 9.17) is 5.26 Å². The van der Waals surface area contributed by atoms with E-state index in [0.717, 1.165) is 5.69 Å². The molecule has 2 heterocycles. The molecule has 2 aliphatic heterocycles. The van der Waals surface area contributed by atoms with Crippen molar-refractivity contribution in [3.63, 3.8) is 0 Å². The molecule has 0 bridgehead atoms. The Morgan fingerprint density at radius 2 is 2.00 bits per heavy atom. The van der Waals surface area contributed by atoms with Crippen molar-refractivity contribution in [2.75, 3.05) is 31.1 Å². The number of hydrogen-bond acceptors (Lipinski definition) is 7. The van der Waals surface area contributed by atoms with Gasteiger partial charge in [-0.15, -0.1) is 0 Å². The highest BCUT2D eigenvalue weighted by Gasteiger charge is 2.39. The molecule has 3 rings (SSSR count). The van der Waals surface area contributed by atoms with Gasteiger partial charge in [-0.1, -0.05) is 0 Å². The number of nitro groups is 1. The van der Waals surface area contributed by atoms with Crippen molar-refractivity contribution in [1.29, 1.82) is 5.26 Å². The molecule has 0 saturated carbocycles. The van der Waals surface area contributed by atoms with Crippen molar-refractivity contribution in [3.8, 4) is 6.07 Å². The zero-order valence-corrected chi connectivity index (χ0v) is 13.5. The maximum absolute atomic E-state index is 11.6. The highest BCUT2D eigenvalue weighted by molar-refractivity contribution is 5.50. The van der Waals surface area contributed by atoms with Crippen LogP contribution in [0.1, 0.15) is 12.5 Å². The fraction of sp³-hybridized carbons (Fsp3) is 0.438. The molecular formula is C16H20N6O2. The normalized spacial score (nSPS) is 22.5. The second-order valence-electron chi connectivity index (χ2n) is 6.30. The summed E-state index contributed by atoms with van der Waals surface area (Å²) in [5, 5.41) is 26.8. The SMILES string of the molecule is CC1(CN2CCN(c3ccc(C#N)cc3)CC2[N+](=O)[O-])NC=CN1. The molecule has 1 fully saturated rings. The van der Waals surface area contributed by atoms with Crippen LogP contribution in [0.25, 0.3) is 0 Å². The van der Waals surface area contributed by atoms with Crippen LogP contribution in [-0.2, 0) is 0 Å². The molecule has 126 valence electrons. The molecule has 2 N–H and O–H groups in total. The van der Waals surface area contributed by atoms with Gasteiger partial charge in [-0.3, -0.25) is 10.1 Å². The van der Waals surface area contributed by atoms with Gasteiger partial charge in [0.1, 0.15) is 12.2 Å². The van der Waals surface area contributed by atoms with E-state index in [1.54, 1.807) is 12.1 Å². The molecule has 0 aliphatic carbocycles. The largest absolute Gasteiger partial charge is 0.367 e. The van der Waals surface area contributed by atoms with Gasteiger partial charge in [-0.05, 0) is 31.2 Å². The second kappa shape index (κ2) is 6.37. The number of piperazine rings is 1. The summed E-state index contributed by atoms with van der Waals surface area (Å²) >= 11 is 0. The number of nitriles is 1. The molecule has 1 unspecified atom stereocenters. The second-order valence-corrected chi connectivity index (χ2v) is 6.30. The highest BCUT2D eigenvalue weighted by atomic mass is 16.6. The summed E-state index contributed by atoms with van der Waals surface area (Å²) in [6.07, 6.45) is 2.86. The first-order valence-corrected chi connectivity index (χ1v) is 7.84. The number of nitrogens with one attached hydrogen (secondary N) is 2. The van der Waals surface area contributed by atoms with Crippen molar-refractivity contribution in [2.45, 2.75) is 18.8 Å². The molecular weight excluding hydrogens is 308 g/mol. The molecule has 1 aromatic rings. The van der Waals surface area contributed by atoms with Crippen molar-refractivity contribution >= 4 is 5.69 Å². The summed E-state index contributed by atoms with van der Waals surface area (Å²) < 4.78 is 0. The van der Waals surface area contributed by atoms with Gasteiger partial charge in [-0.2, -0.15) is 5.26 Å². The average molecular weight is 328 g/mol. The molecule has 0 amide bonds. The van der Waals surface area contributed by atoms with Crippen LogP contribution in [0.15, 0.2) is 36.7 Å². The molecule has 8 heteroatoms. The van der Waals surface area contributed by atoms with Gasteiger partial charge >= 0.3 is 0 Å². The lowest BCUT2D eigenvalue weighted by atomic mass is 10.1. The van der Waals surface area contributed by atoms with Crippen LogP contribution in [0, 0.1) is 21.4 Å². The Bertz CT molecular complexity index is 673. The minimum atomic E-state index is -0.768. The molecule has 0 aromatic heterocycles. The maximum atomic E-state index is 11.6. The van der Waals surface area contributed by atoms with Gasteiger partial charge in [0.15, 0.2) is 0 Å². The van der Waals surface area contributed by atoms with Crippen LogP contribution >= 0.6 is 0 Å². The average Bonchev–Trinajstić information content (AvgIpc) is 3.01. The van der Waals surface area contributed by atoms with E-state index in [-0.39, 0.29) is 10.6 Å². The van der Waals surface area contributed by atoms with E-state index in [1.807, 2.05) is 41.3 Å². The Hall–Kier alpha value is -2.79. The third-order valence-electron chi connectivity index (χ3n) is 4.47. The predicted octanol–water partition coefficient (Wildman–Crippen LogP) is 0.663. The summed E-state index contributed by atoms with van der Waals surface area (Å²) in [6.45, 7) is 4.15.